The van der Waals surface area contributed by atoms with E-state index >= 15 is 0 Å². The van der Waals surface area contributed by atoms with Crippen LogP contribution in [0.5, 0.6) is 5.75 Å². The summed E-state index contributed by atoms with van der Waals surface area (Å²) < 4.78 is 5.48. The number of ether oxygens (including phenoxy) is 1. The van der Waals surface area contributed by atoms with E-state index in [0.717, 1.165) is 30.1 Å². The van der Waals surface area contributed by atoms with Crippen molar-refractivity contribution in [2.24, 2.45) is 0 Å². The Morgan fingerprint density at radius 2 is 2.20 bits per heavy atom. The summed E-state index contributed by atoms with van der Waals surface area (Å²) in [5, 5.41) is 21.7. The summed E-state index contributed by atoms with van der Waals surface area (Å²) in [5.74, 6) is 1.82. The first-order chi connectivity index (χ1) is 12.2. The molecular formula is C18H24N4O3. The van der Waals surface area contributed by atoms with Crippen molar-refractivity contribution in [3.8, 4) is 5.75 Å². The maximum Gasteiger partial charge on any atom is 0.224 e. The van der Waals surface area contributed by atoms with Gasteiger partial charge in [0.15, 0.2) is 0 Å². The lowest BCUT2D eigenvalue weighted by Gasteiger charge is -2.21. The predicted molar refractivity (Wildman–Crippen MR) is 96.0 cm³/mol. The lowest BCUT2D eigenvalue weighted by atomic mass is 10.0. The van der Waals surface area contributed by atoms with Crippen LogP contribution in [0.1, 0.15) is 23.6 Å². The number of aromatic hydroxyl groups is 1. The number of benzene rings is 1. The molecule has 0 saturated carbocycles. The third kappa shape index (κ3) is 4.58. The minimum atomic E-state index is 0.0224. The fourth-order valence-corrected chi connectivity index (χ4v) is 2.88. The standard InChI is InChI=1S/C18H24N4O3/c1-22(11-13-3-2-4-15(24)9-13)17-10-16(14-5-8-25-12-14)20-18(21-17)19-6-7-23/h2-4,9-10,14,23-24H,5-8,11-12H2,1H3,(H,19,20,21). The van der Waals surface area contributed by atoms with Gasteiger partial charge in [-0.3, -0.25) is 0 Å². The highest BCUT2D eigenvalue weighted by Crippen LogP contribution is 2.27. The first-order valence-electron chi connectivity index (χ1n) is 8.46. The SMILES string of the molecule is CN(Cc1cccc(O)c1)c1cc(C2CCOC2)nc(NCCO)n1. The minimum absolute atomic E-state index is 0.0224. The molecule has 3 N–H and O–H groups in total. The number of anilines is 2. The number of phenolic OH excluding ortho intramolecular Hbond substituents is 1. The fourth-order valence-electron chi connectivity index (χ4n) is 2.88. The van der Waals surface area contributed by atoms with Gasteiger partial charge in [0.05, 0.1) is 18.9 Å². The maximum absolute atomic E-state index is 9.63. The van der Waals surface area contributed by atoms with Crippen molar-refractivity contribution in [3.05, 3.63) is 41.6 Å². The zero-order valence-electron chi connectivity index (χ0n) is 14.4. The van der Waals surface area contributed by atoms with E-state index in [1.54, 1.807) is 12.1 Å². The maximum atomic E-state index is 9.63. The molecule has 1 saturated heterocycles. The molecule has 7 nitrogen and oxygen atoms in total. The molecule has 1 atom stereocenters. The van der Waals surface area contributed by atoms with Gasteiger partial charge in [0.2, 0.25) is 5.95 Å². The molecule has 0 aliphatic carbocycles. The second kappa shape index (κ2) is 8.13. The van der Waals surface area contributed by atoms with Crippen LogP contribution in [-0.2, 0) is 11.3 Å². The zero-order chi connectivity index (χ0) is 17.6. The van der Waals surface area contributed by atoms with Crippen molar-refractivity contribution in [1.29, 1.82) is 0 Å². The number of nitrogens with one attached hydrogen (secondary N) is 1. The molecule has 1 aromatic carbocycles. The van der Waals surface area contributed by atoms with Gasteiger partial charge in [-0.1, -0.05) is 12.1 Å². The first kappa shape index (κ1) is 17.4. The van der Waals surface area contributed by atoms with Crippen LogP contribution in [0.15, 0.2) is 30.3 Å². The lowest BCUT2D eigenvalue weighted by Crippen LogP contribution is -2.20. The molecule has 0 radical (unpaired) electrons. The molecule has 3 rings (SSSR count). The van der Waals surface area contributed by atoms with Crippen molar-refractivity contribution in [1.82, 2.24) is 9.97 Å². The Bertz CT molecular complexity index is 704. The number of aromatic nitrogens is 2. The van der Waals surface area contributed by atoms with Gasteiger partial charge in [-0.15, -0.1) is 0 Å². The number of hydrogen-bond donors (Lipinski definition) is 3. The Labute approximate surface area is 147 Å². The highest BCUT2D eigenvalue weighted by Gasteiger charge is 2.21. The molecule has 1 unspecified atom stereocenters. The fraction of sp³-hybridized carbons (Fsp3) is 0.444. The Hall–Kier alpha value is -2.38. The van der Waals surface area contributed by atoms with Gasteiger partial charge in [0, 0.05) is 38.7 Å². The molecule has 0 amide bonds. The third-order valence-electron chi connectivity index (χ3n) is 4.20. The highest BCUT2D eigenvalue weighted by atomic mass is 16.5. The average Bonchev–Trinajstić information content (AvgIpc) is 3.14. The second-order valence-electron chi connectivity index (χ2n) is 6.21. The monoisotopic (exact) mass is 344 g/mol. The number of aliphatic hydroxyl groups is 1. The van der Waals surface area contributed by atoms with Crippen molar-refractivity contribution < 1.29 is 14.9 Å². The molecule has 1 aromatic heterocycles. The second-order valence-corrected chi connectivity index (χ2v) is 6.21. The number of aliphatic hydroxyl groups excluding tert-OH is 1. The summed E-state index contributed by atoms with van der Waals surface area (Å²) in [6.07, 6.45) is 0.951. The van der Waals surface area contributed by atoms with Crippen LogP contribution < -0.4 is 10.2 Å². The smallest absolute Gasteiger partial charge is 0.224 e. The Kier molecular flexibility index (Phi) is 5.67. The van der Waals surface area contributed by atoms with E-state index in [4.69, 9.17) is 9.84 Å². The molecule has 134 valence electrons. The number of hydrogen-bond acceptors (Lipinski definition) is 7. The van der Waals surface area contributed by atoms with E-state index in [1.807, 2.05) is 30.1 Å². The molecule has 1 aliphatic heterocycles. The van der Waals surface area contributed by atoms with E-state index in [9.17, 15) is 5.11 Å². The molecule has 0 spiro atoms. The Morgan fingerprint density at radius 3 is 2.92 bits per heavy atom. The molecule has 25 heavy (non-hydrogen) atoms. The van der Waals surface area contributed by atoms with Crippen molar-refractivity contribution in [2.75, 3.05) is 43.6 Å². The zero-order valence-corrected chi connectivity index (χ0v) is 14.4. The van der Waals surface area contributed by atoms with Gasteiger partial charge in [0.1, 0.15) is 11.6 Å². The predicted octanol–water partition coefficient (Wildman–Crippen LogP) is 1.73. The molecule has 2 aromatic rings. The largest absolute Gasteiger partial charge is 0.508 e. The van der Waals surface area contributed by atoms with Crippen LogP contribution >= 0.6 is 0 Å². The van der Waals surface area contributed by atoms with Crippen molar-refractivity contribution >= 4 is 11.8 Å². The molecule has 1 fully saturated rings. The third-order valence-corrected chi connectivity index (χ3v) is 4.20. The molecule has 2 heterocycles. The van der Waals surface area contributed by atoms with E-state index in [0.29, 0.717) is 25.6 Å². The summed E-state index contributed by atoms with van der Waals surface area (Å²) >= 11 is 0. The van der Waals surface area contributed by atoms with Gasteiger partial charge >= 0.3 is 0 Å². The molecular weight excluding hydrogens is 320 g/mol. The van der Waals surface area contributed by atoms with Gasteiger partial charge < -0.3 is 25.2 Å². The van der Waals surface area contributed by atoms with Gasteiger partial charge in [-0.05, 0) is 24.1 Å². The Morgan fingerprint density at radius 1 is 1.32 bits per heavy atom. The van der Waals surface area contributed by atoms with E-state index in [2.05, 4.69) is 15.3 Å². The quantitative estimate of drug-likeness (QED) is 0.704. The normalized spacial score (nSPS) is 16.8. The average molecular weight is 344 g/mol. The van der Waals surface area contributed by atoms with Gasteiger partial charge in [-0.2, -0.15) is 4.98 Å². The van der Waals surface area contributed by atoms with Crippen LogP contribution in [-0.4, -0.2) is 53.6 Å². The molecule has 1 aliphatic rings. The highest BCUT2D eigenvalue weighted by molar-refractivity contribution is 5.46. The van der Waals surface area contributed by atoms with Crippen LogP contribution in [0.4, 0.5) is 11.8 Å². The summed E-state index contributed by atoms with van der Waals surface area (Å²) in [4.78, 5) is 11.1. The summed E-state index contributed by atoms with van der Waals surface area (Å²) in [6, 6.07) is 9.19. The molecule has 0 bridgehead atoms. The Balaban J connectivity index is 1.83. The minimum Gasteiger partial charge on any atom is -0.508 e. The number of phenols is 1. The first-order valence-corrected chi connectivity index (χ1v) is 8.46. The molecule has 7 heteroatoms. The lowest BCUT2D eigenvalue weighted by molar-refractivity contribution is 0.193. The van der Waals surface area contributed by atoms with Crippen LogP contribution in [0.25, 0.3) is 0 Å². The van der Waals surface area contributed by atoms with Crippen LogP contribution in [0.2, 0.25) is 0 Å². The van der Waals surface area contributed by atoms with Crippen LogP contribution in [0.3, 0.4) is 0 Å². The van der Waals surface area contributed by atoms with Crippen molar-refractivity contribution in [2.45, 2.75) is 18.9 Å². The number of nitrogens with zero attached hydrogens (tertiary/aromatic N) is 3. The topological polar surface area (TPSA) is 90.7 Å². The van der Waals surface area contributed by atoms with E-state index < -0.39 is 0 Å². The van der Waals surface area contributed by atoms with Gasteiger partial charge in [-0.25, -0.2) is 4.98 Å². The van der Waals surface area contributed by atoms with E-state index in [-0.39, 0.29) is 18.3 Å². The van der Waals surface area contributed by atoms with Crippen molar-refractivity contribution in [3.63, 3.8) is 0 Å². The van der Waals surface area contributed by atoms with Crippen LogP contribution in [0, 0.1) is 0 Å². The number of rotatable bonds is 7. The summed E-state index contributed by atoms with van der Waals surface area (Å²) in [6.45, 7) is 2.47. The summed E-state index contributed by atoms with van der Waals surface area (Å²) in [7, 11) is 1.96. The van der Waals surface area contributed by atoms with Gasteiger partial charge in [0.25, 0.3) is 0 Å². The van der Waals surface area contributed by atoms with E-state index in [1.165, 1.54) is 0 Å². The summed E-state index contributed by atoms with van der Waals surface area (Å²) in [5.41, 5.74) is 1.95.